The molecule has 0 saturated heterocycles. The van der Waals surface area contributed by atoms with Crippen LogP contribution >= 0.6 is 11.8 Å². The molecule has 0 aliphatic rings. The standard InChI is InChI=1S/C55H87N15O15S/c1-11-28(6)44(54(83)66-37(22-33-24-59-25-60-33)49(78)67-38(55(84)85)23-40(57)73)70-50(79)36(21-32-15-13-12-14-16-32)65-53(82)43(27(4)5)69-45(74)29(7)61-47(76)35(19-20-86-10)63-48(77)34(17-18-39(56)72)64-52(81)42(26(2)3)68-46(75)30(8)62-51(80)41(58)31(9)71/h12-16,24-31,34-38,41-44,71H,11,17-23,58H2,1-10H3,(H2,56,72)(H2,57,73)(H,59,60)(H,61,76)(H,62,80)(H,63,77)(H,64,81)(H,65,82)(H,66,83)(H,67,78)(H,68,75)(H,69,74)(H,70,79)(H,84,85)/t28-,29-,30-,31+,34-,35-,36-,37-,38-,41-,42-,43-,44-/m0/s1. The summed E-state index contributed by atoms with van der Waals surface area (Å²) in [7, 11) is 0. The van der Waals surface area contributed by atoms with E-state index >= 15 is 0 Å². The topological polar surface area (TPSA) is 489 Å². The lowest BCUT2D eigenvalue weighted by Crippen LogP contribution is -2.62. The van der Waals surface area contributed by atoms with Gasteiger partial charge in [-0.25, -0.2) is 9.78 Å². The normalized spacial score (nSPS) is 15.7. The molecule has 86 heavy (non-hydrogen) atoms. The van der Waals surface area contributed by atoms with E-state index in [4.69, 9.17) is 17.2 Å². The van der Waals surface area contributed by atoms with Crippen molar-refractivity contribution < 1.29 is 72.5 Å². The van der Waals surface area contributed by atoms with E-state index in [2.05, 4.69) is 63.1 Å². The van der Waals surface area contributed by atoms with E-state index in [0.717, 1.165) is 0 Å². The molecule has 0 unspecified atom stereocenters. The van der Waals surface area contributed by atoms with Crippen molar-refractivity contribution in [1.82, 2.24) is 63.1 Å². The third-order valence-corrected chi connectivity index (χ3v) is 14.4. The van der Waals surface area contributed by atoms with Gasteiger partial charge in [0.15, 0.2) is 0 Å². The summed E-state index contributed by atoms with van der Waals surface area (Å²) in [5.74, 6) is -13.6. The zero-order chi connectivity index (χ0) is 65.1. The van der Waals surface area contributed by atoms with Gasteiger partial charge in [0.05, 0.1) is 18.9 Å². The van der Waals surface area contributed by atoms with Crippen LogP contribution in [-0.2, 0) is 75.2 Å². The van der Waals surface area contributed by atoms with Gasteiger partial charge in [-0.2, -0.15) is 11.8 Å². The lowest BCUT2D eigenvalue weighted by atomic mass is 9.96. The highest BCUT2D eigenvalue weighted by Gasteiger charge is 2.38. The summed E-state index contributed by atoms with van der Waals surface area (Å²) in [4.78, 5) is 180. The van der Waals surface area contributed by atoms with Crippen molar-refractivity contribution in [2.24, 2.45) is 35.0 Å². The average Bonchev–Trinajstić information content (AvgIpc) is 3.03. The molecule has 0 aliphatic heterocycles. The van der Waals surface area contributed by atoms with Gasteiger partial charge in [0.1, 0.15) is 66.5 Å². The number of amides is 12. The van der Waals surface area contributed by atoms with Crippen molar-refractivity contribution >= 4 is 88.6 Å². The lowest BCUT2D eigenvalue weighted by Gasteiger charge is -2.30. The van der Waals surface area contributed by atoms with Crippen LogP contribution in [0, 0.1) is 17.8 Å². The Morgan fingerprint density at radius 1 is 0.547 bits per heavy atom. The molecule has 1 heterocycles. The first kappa shape index (κ1) is 73.9. The van der Waals surface area contributed by atoms with Crippen molar-refractivity contribution in [3.05, 3.63) is 54.1 Å². The molecule has 1 aromatic carbocycles. The molecule has 478 valence electrons. The largest absolute Gasteiger partial charge is 0.480 e. The maximum Gasteiger partial charge on any atom is 0.326 e. The number of hydrogen-bond acceptors (Lipinski definition) is 17. The quantitative estimate of drug-likeness (QED) is 0.0306. The number of aliphatic hydroxyl groups excluding tert-OH is 1. The van der Waals surface area contributed by atoms with Crippen molar-refractivity contribution in [2.75, 3.05) is 12.0 Å². The van der Waals surface area contributed by atoms with E-state index in [0.29, 0.717) is 23.4 Å². The van der Waals surface area contributed by atoms with E-state index in [1.165, 1.54) is 45.1 Å². The summed E-state index contributed by atoms with van der Waals surface area (Å²) < 4.78 is 0. The number of nitrogens with one attached hydrogen (secondary N) is 11. The molecule has 0 bridgehead atoms. The van der Waals surface area contributed by atoms with E-state index in [-0.39, 0.29) is 25.7 Å². The predicted molar refractivity (Wildman–Crippen MR) is 315 cm³/mol. The first-order valence-electron chi connectivity index (χ1n) is 28.1. The summed E-state index contributed by atoms with van der Waals surface area (Å²) in [5, 5.41) is 44.7. The van der Waals surface area contributed by atoms with Crippen molar-refractivity contribution in [3.8, 4) is 0 Å². The van der Waals surface area contributed by atoms with E-state index < -0.39 is 180 Å². The number of carboxylic acid groups (broad SMARTS) is 1. The molecule has 19 N–H and O–H groups in total. The van der Waals surface area contributed by atoms with Gasteiger partial charge in [0.2, 0.25) is 70.9 Å². The van der Waals surface area contributed by atoms with Crippen LogP contribution < -0.4 is 70.4 Å². The molecule has 12 amide bonds. The molecule has 2 aromatic rings. The highest BCUT2D eigenvalue weighted by Crippen LogP contribution is 2.14. The maximum absolute atomic E-state index is 14.5. The summed E-state index contributed by atoms with van der Waals surface area (Å²) in [6.45, 7) is 13.7. The zero-order valence-corrected chi connectivity index (χ0v) is 51.0. The second-order valence-electron chi connectivity index (χ2n) is 21.6. The lowest BCUT2D eigenvalue weighted by molar-refractivity contribution is -0.143. The second-order valence-corrected chi connectivity index (χ2v) is 22.6. The Hall–Kier alpha value is -8.19. The predicted octanol–water partition coefficient (Wildman–Crippen LogP) is -3.87. The van der Waals surface area contributed by atoms with Crippen LogP contribution in [0.25, 0.3) is 0 Å². The first-order chi connectivity index (χ1) is 40.3. The number of aromatic amines is 1. The number of hydrogen-bond donors (Lipinski definition) is 16. The van der Waals surface area contributed by atoms with Crippen LogP contribution in [-0.4, -0.2) is 182 Å². The smallest absolute Gasteiger partial charge is 0.326 e. The summed E-state index contributed by atoms with van der Waals surface area (Å²) in [6.07, 6.45) is 1.70. The van der Waals surface area contributed by atoms with Gasteiger partial charge in [-0.3, -0.25) is 57.5 Å². The van der Waals surface area contributed by atoms with Gasteiger partial charge in [0.25, 0.3) is 0 Å². The minimum absolute atomic E-state index is 0.00469. The molecule has 0 fully saturated rings. The number of thioether (sulfide) groups is 1. The Bertz CT molecular complexity index is 2650. The fourth-order valence-electron chi connectivity index (χ4n) is 8.23. The van der Waals surface area contributed by atoms with E-state index in [1.807, 2.05) is 0 Å². The Morgan fingerprint density at radius 2 is 0.988 bits per heavy atom. The minimum Gasteiger partial charge on any atom is -0.480 e. The van der Waals surface area contributed by atoms with Gasteiger partial charge in [-0.15, -0.1) is 0 Å². The third-order valence-electron chi connectivity index (χ3n) is 13.7. The zero-order valence-electron chi connectivity index (χ0n) is 50.1. The number of carbonyl (C=O) groups excluding carboxylic acids is 12. The number of nitrogens with zero attached hydrogens (tertiary/aromatic N) is 1. The van der Waals surface area contributed by atoms with E-state index in [1.54, 1.807) is 78.1 Å². The number of aliphatic hydroxyl groups is 1. The highest BCUT2D eigenvalue weighted by atomic mass is 32.2. The maximum atomic E-state index is 14.5. The number of aliphatic carboxylic acids is 1. The van der Waals surface area contributed by atoms with Crippen molar-refractivity contribution in [2.45, 2.75) is 180 Å². The molecule has 0 saturated carbocycles. The number of aromatic nitrogens is 2. The highest BCUT2D eigenvalue weighted by molar-refractivity contribution is 7.98. The van der Waals surface area contributed by atoms with Gasteiger partial charge in [0, 0.05) is 31.2 Å². The molecule has 13 atom stereocenters. The molecule has 1 aromatic heterocycles. The Morgan fingerprint density at radius 3 is 1.45 bits per heavy atom. The van der Waals surface area contributed by atoms with Crippen LogP contribution in [0.2, 0.25) is 0 Å². The average molecular weight is 1230 g/mol. The Labute approximate surface area is 503 Å². The van der Waals surface area contributed by atoms with Crippen LogP contribution in [0.4, 0.5) is 0 Å². The number of primary amides is 2. The van der Waals surface area contributed by atoms with Crippen LogP contribution in [0.5, 0.6) is 0 Å². The minimum atomic E-state index is -1.73. The number of H-pyrrole nitrogens is 1. The number of nitrogens with two attached hydrogens (primary N) is 3. The monoisotopic (exact) mass is 1230 g/mol. The van der Waals surface area contributed by atoms with E-state index in [9.17, 15) is 72.5 Å². The molecule has 31 heteroatoms. The molecular weight excluding hydrogens is 1140 g/mol. The van der Waals surface area contributed by atoms with Crippen molar-refractivity contribution in [1.29, 1.82) is 0 Å². The molecule has 0 spiro atoms. The number of carboxylic acids is 1. The molecule has 30 nitrogen and oxygen atoms in total. The van der Waals surface area contributed by atoms with Gasteiger partial charge in [-0.1, -0.05) is 78.3 Å². The number of rotatable bonds is 38. The Kier molecular flexibility index (Phi) is 31.5. The molecule has 0 aliphatic carbocycles. The molecular formula is C55H87N15O15S. The summed E-state index contributed by atoms with van der Waals surface area (Å²) >= 11 is 1.32. The van der Waals surface area contributed by atoms with Gasteiger partial charge < -0.3 is 85.6 Å². The molecule has 0 radical (unpaired) electrons. The Balaban J connectivity index is 2.37. The van der Waals surface area contributed by atoms with Gasteiger partial charge in [-0.05, 0) is 68.9 Å². The van der Waals surface area contributed by atoms with Crippen LogP contribution in [0.15, 0.2) is 42.9 Å². The number of imidazole rings is 1. The SMILES string of the molecule is CC[C@H](C)[C@H](NC(=O)[C@H](Cc1ccccc1)NC(=O)[C@@H](NC(=O)[C@H](C)NC(=O)[C@H](CCSC)NC(=O)[C@H](CCC(N)=O)NC(=O)[C@@H](NC(=O)[C@H](C)NC(=O)[C@@H](N)[C@@H](C)O)C(C)C)C(C)C)C(=O)N[C@@H](Cc1cnc[nH]1)C(=O)N[C@@H](CC(N)=O)C(=O)O. The second kappa shape index (κ2) is 36.6. The molecule has 2 rings (SSSR count). The third kappa shape index (κ3) is 25.2. The first-order valence-corrected chi connectivity index (χ1v) is 29.5. The fraction of sp³-hybridized carbons (Fsp3) is 0.600. The number of carbonyl (C=O) groups is 13. The summed E-state index contributed by atoms with van der Waals surface area (Å²) in [6, 6.07) is -6.81. The number of benzene rings is 1. The van der Waals surface area contributed by atoms with Crippen LogP contribution in [0.3, 0.4) is 0 Å². The summed E-state index contributed by atoms with van der Waals surface area (Å²) in [5.41, 5.74) is 17.2. The van der Waals surface area contributed by atoms with Crippen LogP contribution in [0.1, 0.15) is 106 Å². The van der Waals surface area contributed by atoms with Crippen molar-refractivity contribution in [3.63, 3.8) is 0 Å². The fourth-order valence-corrected chi connectivity index (χ4v) is 8.70. The van der Waals surface area contributed by atoms with Gasteiger partial charge >= 0.3 is 5.97 Å².